The van der Waals surface area contributed by atoms with Gasteiger partial charge >= 0.3 is 0 Å². The number of sulfonamides is 1. The molecular formula is C25H28FN3O4S. The molecule has 4 rings (SSSR count). The first-order valence-corrected chi connectivity index (χ1v) is 13.0. The summed E-state index contributed by atoms with van der Waals surface area (Å²) >= 11 is 0. The van der Waals surface area contributed by atoms with Crippen LogP contribution in [0.3, 0.4) is 0 Å². The molecule has 0 saturated carbocycles. The third-order valence-electron chi connectivity index (χ3n) is 6.45. The van der Waals surface area contributed by atoms with Crippen molar-refractivity contribution in [2.45, 2.75) is 43.2 Å². The van der Waals surface area contributed by atoms with Crippen molar-refractivity contribution in [2.75, 3.05) is 26.2 Å². The smallest absolute Gasteiger partial charge is 0.243 e. The summed E-state index contributed by atoms with van der Waals surface area (Å²) in [5.41, 5.74) is 1.11. The molecule has 2 fully saturated rings. The number of hydrogen-bond donors (Lipinski definition) is 0. The first kappa shape index (κ1) is 24.3. The topological polar surface area (TPSA) is 90.7 Å². The molecule has 0 radical (unpaired) electrons. The number of nitriles is 1. The fourth-order valence-corrected chi connectivity index (χ4v) is 6.04. The van der Waals surface area contributed by atoms with Crippen LogP contribution in [0.5, 0.6) is 0 Å². The standard InChI is InChI=1S/C25H28FN3O4S/c26-22-4-1-3-20(15-22)17-28(18-23-5-2-14-33-23)25(30)21-10-12-29(13-11-21)34(31,32)24-8-6-19(16-27)7-9-24/h1,3-4,6-9,15,21,23H,2,5,10-14,17-18H2. The van der Waals surface area contributed by atoms with Crippen LogP contribution in [-0.4, -0.2) is 55.9 Å². The Bertz CT molecular complexity index is 1150. The number of ether oxygens (including phenoxy) is 1. The van der Waals surface area contributed by atoms with Gasteiger partial charge in [0.15, 0.2) is 0 Å². The molecule has 34 heavy (non-hydrogen) atoms. The van der Waals surface area contributed by atoms with E-state index in [1.807, 2.05) is 6.07 Å². The van der Waals surface area contributed by atoms with Crippen LogP contribution in [0.2, 0.25) is 0 Å². The Kier molecular flexibility index (Phi) is 7.61. The molecule has 2 heterocycles. The van der Waals surface area contributed by atoms with E-state index in [9.17, 15) is 17.6 Å². The second kappa shape index (κ2) is 10.6. The van der Waals surface area contributed by atoms with Gasteiger partial charge in [0.25, 0.3) is 0 Å². The van der Waals surface area contributed by atoms with E-state index < -0.39 is 10.0 Å². The van der Waals surface area contributed by atoms with Gasteiger partial charge in [-0.1, -0.05) is 12.1 Å². The zero-order chi connectivity index (χ0) is 24.1. The number of carbonyl (C=O) groups is 1. The lowest BCUT2D eigenvalue weighted by molar-refractivity contribution is -0.139. The summed E-state index contributed by atoms with van der Waals surface area (Å²) in [6, 6.07) is 14.1. The Labute approximate surface area is 199 Å². The van der Waals surface area contributed by atoms with Crippen molar-refractivity contribution in [3.8, 4) is 6.07 Å². The van der Waals surface area contributed by atoms with E-state index in [0.29, 0.717) is 43.7 Å². The summed E-state index contributed by atoms with van der Waals surface area (Å²) in [5, 5.41) is 8.93. The van der Waals surface area contributed by atoms with Gasteiger partial charge in [-0.15, -0.1) is 0 Å². The molecule has 2 aliphatic rings. The molecule has 1 unspecified atom stereocenters. The van der Waals surface area contributed by atoms with Crippen LogP contribution in [0.4, 0.5) is 4.39 Å². The van der Waals surface area contributed by atoms with Crippen molar-refractivity contribution < 1.29 is 22.3 Å². The molecule has 7 nitrogen and oxygen atoms in total. The van der Waals surface area contributed by atoms with Crippen LogP contribution in [0, 0.1) is 23.1 Å². The maximum absolute atomic E-state index is 13.7. The van der Waals surface area contributed by atoms with E-state index in [1.165, 1.54) is 40.7 Å². The average Bonchev–Trinajstić information content (AvgIpc) is 3.36. The molecule has 0 bridgehead atoms. The van der Waals surface area contributed by atoms with Crippen molar-refractivity contribution in [2.24, 2.45) is 5.92 Å². The lowest BCUT2D eigenvalue weighted by atomic mass is 9.96. The van der Waals surface area contributed by atoms with Crippen LogP contribution in [-0.2, 0) is 26.1 Å². The molecule has 0 aromatic heterocycles. The Hall–Kier alpha value is -2.80. The quantitative estimate of drug-likeness (QED) is 0.600. The number of halogens is 1. The van der Waals surface area contributed by atoms with Crippen molar-refractivity contribution in [3.05, 3.63) is 65.5 Å². The van der Waals surface area contributed by atoms with E-state index in [-0.39, 0.29) is 41.7 Å². The third kappa shape index (κ3) is 5.63. The van der Waals surface area contributed by atoms with E-state index >= 15 is 0 Å². The average molecular weight is 486 g/mol. The number of rotatable bonds is 7. The normalized spacial score (nSPS) is 19.6. The fraction of sp³-hybridized carbons (Fsp3) is 0.440. The van der Waals surface area contributed by atoms with Gasteiger partial charge in [0.2, 0.25) is 15.9 Å². The molecule has 2 aromatic rings. The second-order valence-corrected chi connectivity index (χ2v) is 10.7. The molecule has 2 aromatic carbocycles. The number of piperidine rings is 1. The second-order valence-electron chi connectivity index (χ2n) is 8.80. The summed E-state index contributed by atoms with van der Waals surface area (Å²) in [6.45, 7) is 1.90. The minimum Gasteiger partial charge on any atom is -0.376 e. The number of nitrogens with zero attached hydrogens (tertiary/aromatic N) is 3. The minimum absolute atomic E-state index is 0.0330. The van der Waals surface area contributed by atoms with Gasteiger partial charge in [0.05, 0.1) is 22.6 Å². The molecule has 1 amide bonds. The van der Waals surface area contributed by atoms with Crippen molar-refractivity contribution >= 4 is 15.9 Å². The third-order valence-corrected chi connectivity index (χ3v) is 8.36. The van der Waals surface area contributed by atoms with E-state index in [2.05, 4.69) is 0 Å². The molecule has 0 aliphatic carbocycles. The first-order chi connectivity index (χ1) is 16.4. The van der Waals surface area contributed by atoms with Crippen molar-refractivity contribution in [1.29, 1.82) is 5.26 Å². The first-order valence-electron chi connectivity index (χ1n) is 11.5. The summed E-state index contributed by atoms with van der Waals surface area (Å²) in [4.78, 5) is 15.3. The Morgan fingerprint density at radius 2 is 1.88 bits per heavy atom. The van der Waals surface area contributed by atoms with Gasteiger partial charge < -0.3 is 9.64 Å². The zero-order valence-electron chi connectivity index (χ0n) is 18.9. The predicted molar refractivity (Wildman–Crippen MR) is 123 cm³/mol. The summed E-state index contributed by atoms with van der Waals surface area (Å²) in [7, 11) is -3.69. The van der Waals surface area contributed by atoms with E-state index in [4.69, 9.17) is 10.00 Å². The van der Waals surface area contributed by atoms with Crippen LogP contribution >= 0.6 is 0 Å². The van der Waals surface area contributed by atoms with Gasteiger partial charge in [0.1, 0.15) is 5.82 Å². The maximum Gasteiger partial charge on any atom is 0.243 e. The number of hydrogen-bond acceptors (Lipinski definition) is 5. The Morgan fingerprint density at radius 3 is 2.50 bits per heavy atom. The highest BCUT2D eigenvalue weighted by molar-refractivity contribution is 7.89. The lowest BCUT2D eigenvalue weighted by Gasteiger charge is -2.34. The number of benzene rings is 2. The van der Waals surface area contributed by atoms with Gasteiger partial charge in [0, 0.05) is 38.7 Å². The van der Waals surface area contributed by atoms with Crippen LogP contribution in [0.25, 0.3) is 0 Å². The van der Waals surface area contributed by atoms with E-state index in [0.717, 1.165) is 12.8 Å². The van der Waals surface area contributed by atoms with Crippen molar-refractivity contribution in [3.63, 3.8) is 0 Å². The molecule has 180 valence electrons. The Balaban J connectivity index is 1.43. The SMILES string of the molecule is N#Cc1ccc(S(=O)(=O)N2CCC(C(=O)N(Cc3cccc(F)c3)CC3CCCO3)CC2)cc1. The molecule has 0 N–H and O–H groups in total. The summed E-state index contributed by atoms with van der Waals surface area (Å²) in [6.07, 6.45) is 2.64. The predicted octanol–water partition coefficient (Wildman–Crippen LogP) is 3.31. The molecule has 2 aliphatic heterocycles. The number of carbonyl (C=O) groups excluding carboxylic acids is 1. The van der Waals surface area contributed by atoms with Crippen molar-refractivity contribution in [1.82, 2.24) is 9.21 Å². The van der Waals surface area contributed by atoms with E-state index in [1.54, 1.807) is 17.0 Å². The highest BCUT2D eigenvalue weighted by atomic mass is 32.2. The van der Waals surface area contributed by atoms with Gasteiger partial charge in [-0.3, -0.25) is 4.79 Å². The van der Waals surface area contributed by atoms with Crippen LogP contribution < -0.4 is 0 Å². The van der Waals surface area contributed by atoms with Crippen LogP contribution in [0.1, 0.15) is 36.8 Å². The summed E-state index contributed by atoms with van der Waals surface area (Å²) < 4.78 is 46.8. The van der Waals surface area contributed by atoms with Gasteiger partial charge in [-0.05, 0) is 67.6 Å². The summed E-state index contributed by atoms with van der Waals surface area (Å²) in [5.74, 6) is -0.694. The monoisotopic (exact) mass is 485 g/mol. The molecule has 0 spiro atoms. The van der Waals surface area contributed by atoms with Gasteiger partial charge in [-0.25, -0.2) is 12.8 Å². The molecule has 1 atom stereocenters. The fourth-order valence-electron chi connectivity index (χ4n) is 4.57. The molecule has 2 saturated heterocycles. The Morgan fingerprint density at radius 1 is 1.15 bits per heavy atom. The zero-order valence-corrected chi connectivity index (χ0v) is 19.7. The lowest BCUT2D eigenvalue weighted by Crippen LogP contribution is -2.45. The largest absolute Gasteiger partial charge is 0.376 e. The molecular weight excluding hydrogens is 457 g/mol. The molecule has 9 heteroatoms. The van der Waals surface area contributed by atoms with Gasteiger partial charge in [-0.2, -0.15) is 9.57 Å². The maximum atomic E-state index is 13.7. The number of amides is 1. The highest BCUT2D eigenvalue weighted by Gasteiger charge is 2.35. The van der Waals surface area contributed by atoms with Crippen LogP contribution in [0.15, 0.2) is 53.4 Å². The minimum atomic E-state index is -3.69. The highest BCUT2D eigenvalue weighted by Crippen LogP contribution is 2.27.